The molecule has 2 amide bonds. The van der Waals surface area contributed by atoms with Crippen LogP contribution in [-0.2, 0) is 16.0 Å². The number of nitrogens with one attached hydrogen (secondary N) is 2. The third-order valence-electron chi connectivity index (χ3n) is 2.64. The lowest BCUT2D eigenvalue weighted by Gasteiger charge is -2.10. The monoisotopic (exact) mass is 249 g/mol. The molecule has 0 saturated heterocycles. The molecule has 98 valence electrons. The Bertz CT molecular complexity index is 415. The average Bonchev–Trinajstić information content (AvgIpc) is 2.39. The molecule has 0 fully saturated rings. The molecular formula is C13H19N3O2. The van der Waals surface area contributed by atoms with Gasteiger partial charge in [0, 0.05) is 12.7 Å². The van der Waals surface area contributed by atoms with E-state index in [9.17, 15) is 9.59 Å². The maximum atomic E-state index is 11.6. The molecule has 1 aromatic carbocycles. The molecular weight excluding hydrogens is 230 g/mol. The fourth-order valence-electron chi connectivity index (χ4n) is 1.40. The van der Waals surface area contributed by atoms with Gasteiger partial charge in [0.1, 0.15) is 0 Å². The van der Waals surface area contributed by atoms with Crippen molar-refractivity contribution in [2.45, 2.75) is 25.8 Å². The molecule has 0 radical (unpaired) electrons. The molecule has 0 bridgehead atoms. The van der Waals surface area contributed by atoms with Crippen LogP contribution in [-0.4, -0.2) is 24.9 Å². The van der Waals surface area contributed by atoms with Crippen molar-refractivity contribution < 1.29 is 9.59 Å². The molecule has 1 rings (SSSR count). The van der Waals surface area contributed by atoms with E-state index in [1.165, 1.54) is 0 Å². The minimum absolute atomic E-state index is 0.0419. The topological polar surface area (TPSA) is 84.2 Å². The predicted molar refractivity (Wildman–Crippen MR) is 71.1 cm³/mol. The van der Waals surface area contributed by atoms with Crippen LogP contribution in [0.4, 0.5) is 5.69 Å². The van der Waals surface area contributed by atoms with E-state index in [4.69, 9.17) is 5.73 Å². The Kier molecular flexibility index (Phi) is 5.32. The molecule has 0 aliphatic carbocycles. The SMILES string of the molecule is CC[C@H](N)C(=O)Nc1ccc(CC(=O)NC)cc1. The predicted octanol–water partition coefficient (Wildman–Crippen LogP) is 0.651. The molecule has 0 aliphatic heterocycles. The van der Waals surface area contributed by atoms with Gasteiger partial charge in [-0.05, 0) is 24.1 Å². The highest BCUT2D eigenvalue weighted by atomic mass is 16.2. The van der Waals surface area contributed by atoms with Crippen LogP contribution in [0.1, 0.15) is 18.9 Å². The Labute approximate surface area is 107 Å². The Morgan fingerprint density at radius 1 is 1.28 bits per heavy atom. The van der Waals surface area contributed by atoms with Crippen molar-refractivity contribution >= 4 is 17.5 Å². The van der Waals surface area contributed by atoms with Crippen LogP contribution in [0.15, 0.2) is 24.3 Å². The van der Waals surface area contributed by atoms with Crippen LogP contribution < -0.4 is 16.4 Å². The van der Waals surface area contributed by atoms with Crippen LogP contribution in [0, 0.1) is 0 Å². The quantitative estimate of drug-likeness (QED) is 0.716. The number of rotatable bonds is 5. The van der Waals surface area contributed by atoms with Crippen molar-refractivity contribution in [1.82, 2.24) is 5.32 Å². The summed E-state index contributed by atoms with van der Waals surface area (Å²) in [5.74, 6) is -0.239. The third kappa shape index (κ3) is 4.18. The van der Waals surface area contributed by atoms with E-state index < -0.39 is 6.04 Å². The molecule has 5 nitrogen and oxygen atoms in total. The van der Waals surface area contributed by atoms with Crippen molar-refractivity contribution in [2.24, 2.45) is 5.73 Å². The number of benzene rings is 1. The van der Waals surface area contributed by atoms with Crippen LogP contribution in [0.2, 0.25) is 0 Å². The maximum absolute atomic E-state index is 11.6. The summed E-state index contributed by atoms with van der Waals surface area (Å²) in [7, 11) is 1.60. The Hall–Kier alpha value is -1.88. The average molecular weight is 249 g/mol. The van der Waals surface area contributed by atoms with Gasteiger partial charge in [0.25, 0.3) is 0 Å². The van der Waals surface area contributed by atoms with Crippen molar-refractivity contribution in [3.63, 3.8) is 0 Å². The largest absolute Gasteiger partial charge is 0.359 e. The second-order valence-electron chi connectivity index (χ2n) is 4.05. The van der Waals surface area contributed by atoms with Gasteiger partial charge in [-0.1, -0.05) is 19.1 Å². The highest BCUT2D eigenvalue weighted by molar-refractivity contribution is 5.94. The number of anilines is 1. The first-order valence-corrected chi connectivity index (χ1v) is 5.92. The zero-order chi connectivity index (χ0) is 13.5. The number of carbonyl (C=O) groups is 2. The first-order valence-electron chi connectivity index (χ1n) is 5.92. The van der Waals surface area contributed by atoms with Crippen LogP contribution in [0.5, 0.6) is 0 Å². The minimum atomic E-state index is -0.490. The van der Waals surface area contributed by atoms with Crippen LogP contribution in [0.3, 0.4) is 0 Å². The first kappa shape index (κ1) is 14.2. The zero-order valence-electron chi connectivity index (χ0n) is 10.7. The number of likely N-dealkylation sites (N-methyl/N-ethyl adjacent to an activating group) is 1. The highest BCUT2D eigenvalue weighted by Gasteiger charge is 2.10. The smallest absolute Gasteiger partial charge is 0.241 e. The van der Waals surface area contributed by atoms with Gasteiger partial charge in [-0.2, -0.15) is 0 Å². The highest BCUT2D eigenvalue weighted by Crippen LogP contribution is 2.10. The maximum Gasteiger partial charge on any atom is 0.241 e. The number of nitrogens with two attached hydrogens (primary N) is 1. The van der Waals surface area contributed by atoms with E-state index in [1.54, 1.807) is 19.2 Å². The number of hydrogen-bond acceptors (Lipinski definition) is 3. The van der Waals surface area contributed by atoms with Gasteiger partial charge in [-0.25, -0.2) is 0 Å². The standard InChI is InChI=1S/C13H19N3O2/c1-3-11(14)13(18)16-10-6-4-9(5-7-10)8-12(17)15-2/h4-7,11H,3,8,14H2,1-2H3,(H,15,17)(H,16,18)/t11-/m0/s1. The summed E-state index contributed by atoms with van der Waals surface area (Å²) in [5, 5.41) is 5.28. The molecule has 1 aromatic rings. The number of hydrogen-bond donors (Lipinski definition) is 3. The van der Waals surface area contributed by atoms with Gasteiger partial charge >= 0.3 is 0 Å². The summed E-state index contributed by atoms with van der Waals surface area (Å²) in [6, 6.07) is 6.65. The molecule has 0 aromatic heterocycles. The van der Waals surface area contributed by atoms with Crippen molar-refractivity contribution in [3.05, 3.63) is 29.8 Å². The van der Waals surface area contributed by atoms with E-state index >= 15 is 0 Å². The van der Waals surface area contributed by atoms with Gasteiger partial charge in [-0.3, -0.25) is 9.59 Å². The molecule has 0 spiro atoms. The lowest BCUT2D eigenvalue weighted by molar-refractivity contribution is -0.120. The minimum Gasteiger partial charge on any atom is -0.359 e. The molecule has 4 N–H and O–H groups in total. The van der Waals surface area contributed by atoms with Gasteiger partial charge in [0.2, 0.25) is 11.8 Å². The van der Waals surface area contributed by atoms with Gasteiger partial charge < -0.3 is 16.4 Å². The fourth-order valence-corrected chi connectivity index (χ4v) is 1.40. The van der Waals surface area contributed by atoms with E-state index in [0.717, 1.165) is 5.56 Å². The molecule has 5 heteroatoms. The molecule has 1 atom stereocenters. The number of amides is 2. The Balaban J connectivity index is 2.60. The lowest BCUT2D eigenvalue weighted by Crippen LogP contribution is -2.34. The first-order chi connectivity index (χ1) is 8.56. The normalized spacial score (nSPS) is 11.7. The van der Waals surface area contributed by atoms with E-state index in [2.05, 4.69) is 10.6 Å². The summed E-state index contributed by atoms with van der Waals surface area (Å²) in [4.78, 5) is 22.7. The van der Waals surface area contributed by atoms with Gasteiger partial charge in [-0.15, -0.1) is 0 Å². The summed E-state index contributed by atoms with van der Waals surface area (Å²) in [6.07, 6.45) is 0.930. The lowest BCUT2D eigenvalue weighted by atomic mass is 10.1. The summed E-state index contributed by atoms with van der Waals surface area (Å²) >= 11 is 0. The summed E-state index contributed by atoms with van der Waals surface area (Å²) in [6.45, 7) is 1.86. The fraction of sp³-hybridized carbons (Fsp3) is 0.385. The molecule has 0 heterocycles. The van der Waals surface area contributed by atoms with Crippen LogP contribution >= 0.6 is 0 Å². The molecule has 18 heavy (non-hydrogen) atoms. The van der Waals surface area contributed by atoms with Gasteiger partial charge in [0.15, 0.2) is 0 Å². The van der Waals surface area contributed by atoms with E-state index in [-0.39, 0.29) is 11.8 Å². The summed E-state index contributed by atoms with van der Waals surface area (Å²) < 4.78 is 0. The number of carbonyl (C=O) groups excluding carboxylic acids is 2. The third-order valence-corrected chi connectivity index (χ3v) is 2.64. The van der Waals surface area contributed by atoms with E-state index in [0.29, 0.717) is 18.5 Å². The molecule has 0 aliphatic rings. The van der Waals surface area contributed by atoms with Crippen molar-refractivity contribution in [1.29, 1.82) is 0 Å². The zero-order valence-corrected chi connectivity index (χ0v) is 10.7. The second-order valence-corrected chi connectivity index (χ2v) is 4.05. The molecule has 0 saturated carbocycles. The van der Waals surface area contributed by atoms with E-state index in [1.807, 2.05) is 19.1 Å². The van der Waals surface area contributed by atoms with Crippen LogP contribution in [0.25, 0.3) is 0 Å². The Morgan fingerprint density at radius 3 is 2.39 bits per heavy atom. The van der Waals surface area contributed by atoms with Crippen molar-refractivity contribution in [2.75, 3.05) is 12.4 Å². The van der Waals surface area contributed by atoms with Gasteiger partial charge in [0.05, 0.1) is 12.5 Å². The van der Waals surface area contributed by atoms with Crippen molar-refractivity contribution in [3.8, 4) is 0 Å². The summed E-state index contributed by atoms with van der Waals surface area (Å²) in [5.41, 5.74) is 7.19. The molecule has 0 unspecified atom stereocenters. The Morgan fingerprint density at radius 2 is 1.89 bits per heavy atom. The second kappa shape index (κ2) is 6.76.